The lowest BCUT2D eigenvalue weighted by Crippen LogP contribution is -2.44. The first kappa shape index (κ1) is 27.3. The van der Waals surface area contributed by atoms with Gasteiger partial charge in [-0.1, -0.05) is 0 Å². The van der Waals surface area contributed by atoms with Crippen LogP contribution in [0.1, 0.15) is 54.2 Å². The van der Waals surface area contributed by atoms with Crippen LogP contribution in [0, 0.1) is 5.92 Å². The topological polar surface area (TPSA) is 98.9 Å². The number of aryl methyl sites for hydroxylation is 1. The van der Waals surface area contributed by atoms with Gasteiger partial charge in [0.05, 0.1) is 29.6 Å². The van der Waals surface area contributed by atoms with Crippen LogP contribution < -0.4 is 15.5 Å². The van der Waals surface area contributed by atoms with Gasteiger partial charge in [0, 0.05) is 63.5 Å². The summed E-state index contributed by atoms with van der Waals surface area (Å²) in [7, 11) is 4.13. The van der Waals surface area contributed by atoms with Gasteiger partial charge in [-0.3, -0.25) is 14.4 Å². The third-order valence-electron chi connectivity index (χ3n) is 9.53. The molecule has 0 spiro atoms. The highest BCUT2D eigenvalue weighted by molar-refractivity contribution is 6.07. The summed E-state index contributed by atoms with van der Waals surface area (Å²) < 4.78 is 3.89. The van der Waals surface area contributed by atoms with E-state index in [2.05, 4.69) is 43.6 Å². The molecule has 3 fully saturated rings. The van der Waals surface area contributed by atoms with Gasteiger partial charge >= 0.3 is 0 Å². The third kappa shape index (κ3) is 5.48. The molecule has 222 valence electrons. The fourth-order valence-electron chi connectivity index (χ4n) is 6.97. The van der Waals surface area contributed by atoms with E-state index in [-0.39, 0.29) is 5.91 Å². The van der Waals surface area contributed by atoms with E-state index in [1.54, 1.807) is 6.20 Å². The van der Waals surface area contributed by atoms with E-state index in [1.807, 2.05) is 40.5 Å². The number of carbonyl (C=O) groups excluding carboxylic acids is 1. The maximum Gasteiger partial charge on any atom is 0.256 e. The Bertz CT molecular complexity index is 1560. The van der Waals surface area contributed by atoms with E-state index >= 15 is 0 Å². The molecule has 3 aromatic heterocycles. The van der Waals surface area contributed by atoms with Gasteiger partial charge in [0.15, 0.2) is 11.5 Å². The number of hydrogen-bond acceptors (Lipinski definition) is 8. The lowest BCUT2D eigenvalue weighted by atomic mass is 9.93. The first-order chi connectivity index (χ1) is 20.5. The average molecular weight is 571 g/mol. The number of piperazine rings is 1. The number of imidazole rings is 1. The molecule has 2 N–H and O–H groups in total. The second-order valence-electron chi connectivity index (χ2n) is 12.3. The van der Waals surface area contributed by atoms with Crippen LogP contribution in [0.5, 0.6) is 0 Å². The van der Waals surface area contributed by atoms with Crippen molar-refractivity contribution in [3.8, 4) is 0 Å². The summed E-state index contributed by atoms with van der Waals surface area (Å²) in [4.78, 5) is 30.0. The molecule has 6 heterocycles. The number of anilines is 2. The predicted octanol–water partition coefficient (Wildman–Crippen LogP) is 3.15. The van der Waals surface area contributed by atoms with Gasteiger partial charge in [0.25, 0.3) is 5.91 Å². The second-order valence-corrected chi connectivity index (χ2v) is 12.3. The molecule has 7 rings (SSSR count). The van der Waals surface area contributed by atoms with Crippen LogP contribution in [0.2, 0.25) is 0 Å². The van der Waals surface area contributed by atoms with Crippen LogP contribution in [0.15, 0.2) is 36.8 Å². The first-order valence-electron chi connectivity index (χ1n) is 15.5. The zero-order chi connectivity index (χ0) is 28.6. The number of nitrogens with zero attached hydrogens (tertiary/aromatic N) is 8. The van der Waals surface area contributed by atoms with Crippen LogP contribution in [0.25, 0.3) is 16.6 Å². The average Bonchev–Trinajstić information content (AvgIpc) is 3.73. The molecule has 3 aliphatic rings. The number of amides is 1. The largest absolute Gasteiger partial charge is 0.355 e. The molecular formula is C31H42N10O. The minimum atomic E-state index is -0.180. The number of likely N-dealkylation sites (tertiary alicyclic amines) is 1. The van der Waals surface area contributed by atoms with Crippen molar-refractivity contribution in [1.29, 1.82) is 0 Å². The van der Waals surface area contributed by atoms with E-state index in [0.717, 1.165) is 73.1 Å². The number of carbonyl (C=O) groups is 1. The fourth-order valence-corrected chi connectivity index (χ4v) is 6.97. The molecule has 1 atom stereocenters. The summed E-state index contributed by atoms with van der Waals surface area (Å²) >= 11 is 0. The Morgan fingerprint density at radius 3 is 2.67 bits per heavy atom. The highest BCUT2D eigenvalue weighted by Gasteiger charge is 2.26. The maximum absolute atomic E-state index is 13.4. The highest BCUT2D eigenvalue weighted by atomic mass is 16.1. The zero-order valence-corrected chi connectivity index (χ0v) is 24.8. The van der Waals surface area contributed by atoms with Crippen molar-refractivity contribution in [2.24, 2.45) is 13.0 Å². The summed E-state index contributed by atoms with van der Waals surface area (Å²) in [6.45, 7) is 8.87. The molecule has 0 aliphatic carbocycles. The molecule has 0 unspecified atom stereocenters. The van der Waals surface area contributed by atoms with E-state index in [4.69, 9.17) is 10.1 Å². The minimum absolute atomic E-state index is 0.180. The number of fused-ring (bicyclic) bond motifs is 2. The van der Waals surface area contributed by atoms with Gasteiger partial charge in [0.2, 0.25) is 0 Å². The van der Waals surface area contributed by atoms with Gasteiger partial charge in [-0.2, -0.15) is 5.10 Å². The van der Waals surface area contributed by atoms with Crippen LogP contribution >= 0.6 is 0 Å². The van der Waals surface area contributed by atoms with Gasteiger partial charge in [-0.25, -0.2) is 9.97 Å². The van der Waals surface area contributed by atoms with Crippen molar-refractivity contribution < 1.29 is 4.79 Å². The van der Waals surface area contributed by atoms with Crippen molar-refractivity contribution in [3.05, 3.63) is 48.0 Å². The zero-order valence-electron chi connectivity index (χ0n) is 24.8. The number of hydrogen-bond donors (Lipinski definition) is 2. The van der Waals surface area contributed by atoms with Crippen LogP contribution in [-0.4, -0.2) is 99.3 Å². The van der Waals surface area contributed by atoms with Gasteiger partial charge in [-0.05, 0) is 76.4 Å². The minimum Gasteiger partial charge on any atom is -0.355 e. The Labute approximate surface area is 246 Å². The molecule has 3 aliphatic heterocycles. The lowest BCUT2D eigenvalue weighted by Gasteiger charge is -2.34. The Hall–Kier alpha value is -3.54. The molecular weight excluding hydrogens is 528 g/mol. The molecule has 0 bridgehead atoms. The Morgan fingerprint density at radius 2 is 1.88 bits per heavy atom. The van der Waals surface area contributed by atoms with Gasteiger partial charge < -0.3 is 24.8 Å². The summed E-state index contributed by atoms with van der Waals surface area (Å²) in [6.07, 6.45) is 11.6. The van der Waals surface area contributed by atoms with Crippen molar-refractivity contribution in [2.45, 2.75) is 38.1 Å². The number of rotatable bonds is 7. The van der Waals surface area contributed by atoms with Crippen LogP contribution in [0.4, 0.5) is 11.6 Å². The number of nitrogens with one attached hydrogen (secondary N) is 2. The molecule has 11 nitrogen and oxygen atoms in total. The lowest BCUT2D eigenvalue weighted by molar-refractivity contribution is 0.102. The van der Waals surface area contributed by atoms with Gasteiger partial charge in [-0.15, -0.1) is 0 Å². The number of benzene rings is 1. The summed E-state index contributed by atoms with van der Waals surface area (Å²) in [6, 6.07) is 6.19. The smallest absolute Gasteiger partial charge is 0.256 e. The van der Waals surface area contributed by atoms with Crippen molar-refractivity contribution >= 4 is 34.1 Å². The summed E-state index contributed by atoms with van der Waals surface area (Å²) in [5.74, 6) is 2.07. The first-order valence-corrected chi connectivity index (χ1v) is 15.5. The Balaban J connectivity index is 1.03. The van der Waals surface area contributed by atoms with Gasteiger partial charge in [0.1, 0.15) is 5.82 Å². The summed E-state index contributed by atoms with van der Waals surface area (Å²) in [5, 5.41) is 12.3. The van der Waals surface area contributed by atoms with E-state index in [0.29, 0.717) is 17.4 Å². The predicted molar refractivity (Wildman–Crippen MR) is 165 cm³/mol. The molecule has 1 amide bonds. The standard InChI is InChI=1S/C31H42N10O/c1-37-12-3-4-27(37)25-20-41-21-28(33-19-29(41)34-25)35-31(42)23-5-6-26-24(18-23)30(36-38(26)2)40-14-8-22(9-15-40)7-13-39-16-10-32-11-17-39/h5-6,18-22,27,32H,3-4,7-17H2,1-2H3,(H,35,42)/t27-/m1/s1. The molecule has 0 radical (unpaired) electrons. The molecule has 0 saturated carbocycles. The normalized spacial score (nSPS) is 21.1. The second kappa shape index (κ2) is 11.6. The van der Waals surface area contributed by atoms with Crippen molar-refractivity contribution in [3.63, 3.8) is 0 Å². The van der Waals surface area contributed by atoms with E-state index < -0.39 is 0 Å². The molecule has 4 aromatic rings. The van der Waals surface area contributed by atoms with E-state index in [9.17, 15) is 4.79 Å². The van der Waals surface area contributed by atoms with Crippen molar-refractivity contribution in [1.82, 2.24) is 39.3 Å². The number of aromatic nitrogens is 5. The fraction of sp³-hybridized carbons (Fsp3) is 0.548. The highest BCUT2D eigenvalue weighted by Crippen LogP contribution is 2.32. The Morgan fingerprint density at radius 1 is 1.05 bits per heavy atom. The number of piperidine rings is 1. The molecule has 1 aromatic carbocycles. The maximum atomic E-state index is 13.4. The molecule has 3 saturated heterocycles. The van der Waals surface area contributed by atoms with Crippen LogP contribution in [-0.2, 0) is 7.05 Å². The van der Waals surface area contributed by atoms with Crippen molar-refractivity contribution in [2.75, 3.05) is 69.6 Å². The van der Waals surface area contributed by atoms with E-state index in [1.165, 1.54) is 45.3 Å². The quantitative estimate of drug-likeness (QED) is 0.350. The molecule has 42 heavy (non-hydrogen) atoms. The Kier molecular flexibility index (Phi) is 7.55. The third-order valence-corrected chi connectivity index (χ3v) is 9.53. The monoisotopic (exact) mass is 570 g/mol. The molecule has 11 heteroatoms. The van der Waals surface area contributed by atoms with Crippen LogP contribution in [0.3, 0.4) is 0 Å². The SMILES string of the molecule is CN1CCC[C@@H]1c1cn2cc(NC(=O)c3ccc4c(c3)c(N3CCC(CCN5CCNCC5)CC3)nn4C)ncc2n1. The summed E-state index contributed by atoms with van der Waals surface area (Å²) in [5.41, 5.74) is 3.48.